The summed E-state index contributed by atoms with van der Waals surface area (Å²) in [6.07, 6.45) is 0. The monoisotopic (exact) mass is 252 g/mol. The van der Waals surface area contributed by atoms with Gasteiger partial charge in [0.2, 0.25) is 0 Å². The topological polar surface area (TPSA) is 87.6 Å². The summed E-state index contributed by atoms with van der Waals surface area (Å²) in [4.78, 5) is 12.9. The van der Waals surface area contributed by atoms with Gasteiger partial charge in [-0.2, -0.15) is 0 Å². The number of hydrogen-bond donors (Lipinski definition) is 2. The van der Waals surface area contributed by atoms with E-state index >= 15 is 0 Å². The van der Waals surface area contributed by atoms with Crippen molar-refractivity contribution in [1.82, 2.24) is 15.1 Å². The van der Waals surface area contributed by atoms with Crippen molar-refractivity contribution in [2.75, 3.05) is 44.7 Å². The Balaban J connectivity index is 1.74. The molecular weight excluding hydrogens is 236 g/mol. The standard InChI is InChI=1S/C11H16N4O3/c16-11(17)9-1-2-10(14-13-9)12-3-4-15-5-7-18-8-6-15/h1-2H,3-8H2,(H,12,14)(H,16,17). The highest BCUT2D eigenvalue weighted by atomic mass is 16.5. The molecule has 18 heavy (non-hydrogen) atoms. The summed E-state index contributed by atoms with van der Waals surface area (Å²) in [5, 5.41) is 19.2. The molecule has 7 heteroatoms. The van der Waals surface area contributed by atoms with Crippen molar-refractivity contribution in [3.8, 4) is 0 Å². The van der Waals surface area contributed by atoms with Crippen molar-refractivity contribution in [3.63, 3.8) is 0 Å². The molecule has 0 spiro atoms. The van der Waals surface area contributed by atoms with Gasteiger partial charge in [-0.25, -0.2) is 4.79 Å². The largest absolute Gasteiger partial charge is 0.476 e. The number of nitrogens with one attached hydrogen (secondary N) is 1. The van der Waals surface area contributed by atoms with Gasteiger partial charge in [0.15, 0.2) is 5.69 Å². The number of carbonyl (C=O) groups is 1. The average Bonchev–Trinajstić information content (AvgIpc) is 2.40. The Hall–Kier alpha value is -1.73. The summed E-state index contributed by atoms with van der Waals surface area (Å²) in [7, 11) is 0. The van der Waals surface area contributed by atoms with E-state index in [9.17, 15) is 4.79 Å². The first-order chi connectivity index (χ1) is 8.75. The first kappa shape index (κ1) is 12.7. The van der Waals surface area contributed by atoms with Crippen molar-refractivity contribution in [1.29, 1.82) is 0 Å². The Morgan fingerprint density at radius 1 is 1.39 bits per heavy atom. The number of aromatic nitrogens is 2. The molecule has 0 aromatic carbocycles. The average molecular weight is 252 g/mol. The van der Waals surface area contributed by atoms with Crippen LogP contribution in [0.1, 0.15) is 10.5 Å². The lowest BCUT2D eigenvalue weighted by Gasteiger charge is -2.26. The van der Waals surface area contributed by atoms with Crippen LogP contribution in [0.25, 0.3) is 0 Å². The van der Waals surface area contributed by atoms with Crippen LogP contribution in [-0.4, -0.2) is 65.6 Å². The van der Waals surface area contributed by atoms with E-state index in [1.54, 1.807) is 6.07 Å². The molecule has 1 fully saturated rings. The molecule has 1 aliphatic rings. The Labute approximate surface area is 105 Å². The summed E-state index contributed by atoms with van der Waals surface area (Å²) < 4.78 is 5.26. The molecule has 0 atom stereocenters. The van der Waals surface area contributed by atoms with Crippen molar-refractivity contribution in [2.24, 2.45) is 0 Å². The van der Waals surface area contributed by atoms with Crippen LogP contribution in [0.5, 0.6) is 0 Å². The lowest BCUT2D eigenvalue weighted by Crippen LogP contribution is -2.39. The van der Waals surface area contributed by atoms with Gasteiger partial charge in [0.25, 0.3) is 0 Å². The van der Waals surface area contributed by atoms with E-state index in [-0.39, 0.29) is 5.69 Å². The number of morpholine rings is 1. The Morgan fingerprint density at radius 2 is 2.17 bits per heavy atom. The summed E-state index contributed by atoms with van der Waals surface area (Å²) in [6.45, 7) is 5.13. The Bertz CT molecular complexity index is 390. The number of rotatable bonds is 5. The normalized spacial score (nSPS) is 16.4. The van der Waals surface area contributed by atoms with Crippen molar-refractivity contribution < 1.29 is 14.6 Å². The minimum Gasteiger partial charge on any atom is -0.476 e. The number of anilines is 1. The van der Waals surface area contributed by atoms with Gasteiger partial charge in [0, 0.05) is 26.2 Å². The zero-order chi connectivity index (χ0) is 12.8. The van der Waals surface area contributed by atoms with E-state index < -0.39 is 5.97 Å². The molecule has 0 unspecified atom stereocenters. The van der Waals surface area contributed by atoms with Crippen molar-refractivity contribution in [3.05, 3.63) is 17.8 Å². The fourth-order valence-corrected chi connectivity index (χ4v) is 1.71. The smallest absolute Gasteiger partial charge is 0.356 e. The summed E-state index contributed by atoms with van der Waals surface area (Å²) in [6, 6.07) is 3.06. The van der Waals surface area contributed by atoms with Crippen molar-refractivity contribution >= 4 is 11.8 Å². The molecule has 1 saturated heterocycles. The van der Waals surface area contributed by atoms with Crippen molar-refractivity contribution in [2.45, 2.75) is 0 Å². The second-order valence-electron chi connectivity index (χ2n) is 3.99. The first-order valence-electron chi connectivity index (χ1n) is 5.87. The third-order valence-electron chi connectivity index (χ3n) is 2.72. The van der Waals surface area contributed by atoms with Crippen LogP contribution in [0.4, 0.5) is 5.82 Å². The van der Waals surface area contributed by atoms with Gasteiger partial charge in [0.1, 0.15) is 5.82 Å². The van der Waals surface area contributed by atoms with E-state index in [1.807, 2.05) is 0 Å². The van der Waals surface area contributed by atoms with E-state index in [0.29, 0.717) is 5.82 Å². The lowest BCUT2D eigenvalue weighted by atomic mass is 10.4. The van der Waals surface area contributed by atoms with Crippen LogP contribution in [0.15, 0.2) is 12.1 Å². The van der Waals surface area contributed by atoms with Gasteiger partial charge in [-0.05, 0) is 12.1 Å². The Morgan fingerprint density at radius 3 is 2.78 bits per heavy atom. The number of carboxylic acid groups (broad SMARTS) is 1. The minimum atomic E-state index is -1.07. The third kappa shape index (κ3) is 3.64. The summed E-state index contributed by atoms with van der Waals surface area (Å²) in [5.41, 5.74) is -0.0475. The highest BCUT2D eigenvalue weighted by Crippen LogP contribution is 2.02. The Kier molecular flexibility index (Phi) is 4.43. The molecule has 2 rings (SSSR count). The van der Waals surface area contributed by atoms with Crippen LogP contribution in [0.2, 0.25) is 0 Å². The van der Waals surface area contributed by atoms with Gasteiger partial charge in [0.05, 0.1) is 13.2 Å². The molecule has 0 aliphatic carbocycles. The molecule has 0 bridgehead atoms. The number of carboxylic acids is 1. The van der Waals surface area contributed by atoms with Crippen LogP contribution < -0.4 is 5.32 Å². The second kappa shape index (κ2) is 6.27. The van der Waals surface area contributed by atoms with Gasteiger partial charge in [-0.1, -0.05) is 0 Å². The highest BCUT2D eigenvalue weighted by Gasteiger charge is 2.09. The molecule has 0 amide bonds. The molecule has 7 nitrogen and oxygen atoms in total. The number of hydrogen-bond acceptors (Lipinski definition) is 6. The minimum absolute atomic E-state index is 0.0475. The maximum Gasteiger partial charge on any atom is 0.356 e. The fourth-order valence-electron chi connectivity index (χ4n) is 1.71. The highest BCUT2D eigenvalue weighted by molar-refractivity contribution is 5.85. The molecule has 98 valence electrons. The zero-order valence-corrected chi connectivity index (χ0v) is 10.0. The molecule has 1 aliphatic heterocycles. The molecule has 0 radical (unpaired) electrons. The molecule has 2 N–H and O–H groups in total. The van der Waals surface area contributed by atoms with Crippen LogP contribution in [-0.2, 0) is 4.74 Å². The van der Waals surface area contributed by atoms with E-state index in [4.69, 9.17) is 9.84 Å². The predicted molar refractivity (Wildman–Crippen MR) is 64.7 cm³/mol. The number of aromatic carboxylic acids is 1. The predicted octanol–water partition coefficient (Wildman–Crippen LogP) is -0.0811. The second-order valence-corrected chi connectivity index (χ2v) is 3.99. The lowest BCUT2D eigenvalue weighted by molar-refractivity contribution is 0.0398. The van der Waals surface area contributed by atoms with E-state index in [0.717, 1.165) is 39.4 Å². The van der Waals surface area contributed by atoms with Crippen LogP contribution in [0, 0.1) is 0 Å². The summed E-state index contributed by atoms with van der Waals surface area (Å²) >= 11 is 0. The number of nitrogens with zero attached hydrogens (tertiary/aromatic N) is 3. The third-order valence-corrected chi connectivity index (χ3v) is 2.72. The molecular formula is C11H16N4O3. The van der Waals surface area contributed by atoms with Gasteiger partial charge < -0.3 is 15.2 Å². The molecule has 1 aromatic heterocycles. The quantitative estimate of drug-likeness (QED) is 0.757. The SMILES string of the molecule is O=C(O)c1ccc(NCCN2CCOCC2)nn1. The maximum absolute atomic E-state index is 10.6. The molecule has 2 heterocycles. The van der Waals surface area contributed by atoms with Gasteiger partial charge in [-0.15, -0.1) is 10.2 Å². The first-order valence-corrected chi connectivity index (χ1v) is 5.87. The molecule has 1 aromatic rings. The maximum atomic E-state index is 10.6. The fraction of sp³-hybridized carbons (Fsp3) is 0.545. The van der Waals surface area contributed by atoms with Crippen LogP contribution in [0.3, 0.4) is 0 Å². The van der Waals surface area contributed by atoms with E-state index in [1.165, 1.54) is 6.07 Å². The molecule has 0 saturated carbocycles. The zero-order valence-electron chi connectivity index (χ0n) is 10.0. The van der Waals surface area contributed by atoms with Gasteiger partial charge >= 0.3 is 5.97 Å². The van der Waals surface area contributed by atoms with Crippen LogP contribution >= 0.6 is 0 Å². The number of ether oxygens (including phenoxy) is 1. The van der Waals surface area contributed by atoms with Gasteiger partial charge in [-0.3, -0.25) is 4.90 Å². The van der Waals surface area contributed by atoms with E-state index in [2.05, 4.69) is 20.4 Å². The summed E-state index contributed by atoms with van der Waals surface area (Å²) in [5.74, 6) is -0.476.